The summed E-state index contributed by atoms with van der Waals surface area (Å²) in [6, 6.07) is 14.0. The van der Waals surface area contributed by atoms with E-state index in [2.05, 4.69) is 4.99 Å². The third kappa shape index (κ3) is 6.15. The molecule has 0 spiro atoms. The van der Waals surface area contributed by atoms with Gasteiger partial charge in [-0.25, -0.2) is 14.6 Å². The highest BCUT2D eigenvalue weighted by Gasteiger charge is 2.33. The van der Waals surface area contributed by atoms with Crippen LogP contribution in [0.25, 0.3) is 6.08 Å². The van der Waals surface area contributed by atoms with Crippen molar-refractivity contribution in [2.45, 2.75) is 13.0 Å². The minimum absolute atomic E-state index is 0.0299. The summed E-state index contributed by atoms with van der Waals surface area (Å²) in [7, 11) is 4.60. The first-order valence-electron chi connectivity index (χ1n) is 13.1. The van der Waals surface area contributed by atoms with Gasteiger partial charge >= 0.3 is 11.9 Å². The van der Waals surface area contributed by atoms with Gasteiger partial charge in [0.2, 0.25) is 5.76 Å². The highest BCUT2D eigenvalue weighted by atomic mass is 32.1. The van der Waals surface area contributed by atoms with E-state index in [0.29, 0.717) is 37.7 Å². The lowest BCUT2D eigenvalue weighted by Gasteiger charge is -2.25. The maximum atomic E-state index is 13.9. The van der Waals surface area contributed by atoms with Gasteiger partial charge in [0.1, 0.15) is 23.9 Å². The summed E-state index contributed by atoms with van der Waals surface area (Å²) in [4.78, 5) is 44.7. The first-order valence-corrected chi connectivity index (χ1v) is 13.9. The Morgan fingerprint density at radius 1 is 1.00 bits per heavy atom. The van der Waals surface area contributed by atoms with E-state index in [9.17, 15) is 14.4 Å². The van der Waals surface area contributed by atoms with Gasteiger partial charge in [0.05, 0.1) is 48.9 Å². The second-order valence-corrected chi connectivity index (χ2v) is 10.3. The predicted molar refractivity (Wildman–Crippen MR) is 156 cm³/mol. The largest absolute Gasteiger partial charge is 0.497 e. The molecule has 1 atom stereocenters. The molecule has 1 aliphatic rings. The van der Waals surface area contributed by atoms with Gasteiger partial charge < -0.3 is 28.1 Å². The number of furan rings is 1. The molecule has 43 heavy (non-hydrogen) atoms. The molecule has 222 valence electrons. The summed E-state index contributed by atoms with van der Waals surface area (Å²) in [6.07, 6.45) is 3.09. The van der Waals surface area contributed by atoms with Crippen LogP contribution in [0.15, 0.2) is 86.3 Å². The Hall–Kier alpha value is -4.94. The molecule has 0 bridgehead atoms. The number of rotatable bonds is 10. The van der Waals surface area contributed by atoms with Gasteiger partial charge in [0, 0.05) is 18.7 Å². The van der Waals surface area contributed by atoms with Gasteiger partial charge in [-0.05, 0) is 55.0 Å². The van der Waals surface area contributed by atoms with Crippen LogP contribution in [-0.4, -0.2) is 51.0 Å². The van der Waals surface area contributed by atoms with Crippen molar-refractivity contribution >= 4 is 29.4 Å². The molecule has 0 N–H and O–H groups in total. The van der Waals surface area contributed by atoms with Crippen molar-refractivity contribution < 1.29 is 37.7 Å². The van der Waals surface area contributed by atoms with E-state index < -0.39 is 18.0 Å². The zero-order valence-corrected chi connectivity index (χ0v) is 24.6. The molecule has 0 amide bonds. The number of carbonyl (C=O) groups excluding carboxylic acids is 2. The first-order chi connectivity index (χ1) is 20.8. The van der Waals surface area contributed by atoms with E-state index in [4.69, 9.17) is 28.1 Å². The lowest BCUT2D eigenvalue weighted by atomic mass is 9.96. The summed E-state index contributed by atoms with van der Waals surface area (Å²) in [5.74, 6) is 0.181. The van der Waals surface area contributed by atoms with Crippen LogP contribution in [0.3, 0.4) is 0 Å². The third-order valence-electron chi connectivity index (χ3n) is 6.62. The first kappa shape index (κ1) is 29.5. The number of hydrogen-bond donors (Lipinski definition) is 0. The molecule has 0 aliphatic carbocycles. The number of ether oxygens (including phenoxy) is 5. The number of thiazole rings is 1. The van der Waals surface area contributed by atoms with E-state index in [0.717, 1.165) is 0 Å². The van der Waals surface area contributed by atoms with Crippen LogP contribution < -0.4 is 29.1 Å². The molecular formula is C31H28N2O9S. The molecule has 5 rings (SSSR count). The molecule has 0 saturated carbocycles. The van der Waals surface area contributed by atoms with Crippen LogP contribution in [0.5, 0.6) is 17.2 Å². The molecule has 1 unspecified atom stereocenters. The molecular weight excluding hydrogens is 576 g/mol. The van der Waals surface area contributed by atoms with Crippen LogP contribution in [0.2, 0.25) is 0 Å². The van der Waals surface area contributed by atoms with Gasteiger partial charge in [0.15, 0.2) is 4.80 Å². The van der Waals surface area contributed by atoms with Crippen molar-refractivity contribution in [1.82, 2.24) is 4.57 Å². The zero-order valence-electron chi connectivity index (χ0n) is 23.8. The number of esters is 2. The Bertz CT molecular complexity index is 1850. The Balaban J connectivity index is 1.59. The molecule has 2 aromatic heterocycles. The lowest BCUT2D eigenvalue weighted by Crippen LogP contribution is -2.40. The van der Waals surface area contributed by atoms with Crippen molar-refractivity contribution in [3.63, 3.8) is 0 Å². The SMILES string of the molecule is COCCOC(=O)C1=C(C)N=c2s/c(=C/c3ccc(OC)cc3OC)c(=O)n2C1c1ccc(OC(=O)c2ccco2)cc1. The number of nitrogens with zero attached hydrogens (tertiary/aromatic N) is 2. The summed E-state index contributed by atoms with van der Waals surface area (Å²) in [6.45, 7) is 1.94. The molecule has 1 aliphatic heterocycles. The molecule has 0 radical (unpaired) electrons. The Morgan fingerprint density at radius 3 is 2.44 bits per heavy atom. The van der Waals surface area contributed by atoms with Crippen LogP contribution in [-0.2, 0) is 14.3 Å². The van der Waals surface area contributed by atoms with E-state index in [-0.39, 0.29) is 35.9 Å². The van der Waals surface area contributed by atoms with Crippen molar-refractivity contribution in [2.75, 3.05) is 34.5 Å². The van der Waals surface area contributed by atoms with Crippen molar-refractivity contribution in [2.24, 2.45) is 4.99 Å². The predicted octanol–water partition coefficient (Wildman–Crippen LogP) is 3.25. The highest BCUT2D eigenvalue weighted by Crippen LogP contribution is 2.32. The van der Waals surface area contributed by atoms with E-state index in [1.54, 1.807) is 68.6 Å². The Labute approximate surface area is 249 Å². The molecule has 12 heteroatoms. The maximum Gasteiger partial charge on any atom is 0.379 e. The fourth-order valence-corrected chi connectivity index (χ4v) is 5.58. The summed E-state index contributed by atoms with van der Waals surface area (Å²) in [5.41, 5.74) is 1.52. The van der Waals surface area contributed by atoms with Crippen molar-refractivity contribution in [1.29, 1.82) is 0 Å². The van der Waals surface area contributed by atoms with Gasteiger partial charge in [-0.3, -0.25) is 9.36 Å². The zero-order chi connectivity index (χ0) is 30.5. The number of aromatic nitrogens is 1. The number of benzene rings is 2. The second kappa shape index (κ2) is 12.9. The molecule has 3 heterocycles. The standard InChI is InChI=1S/C31H28N2O9S/c1-18-26(30(36)41-15-14-37-2)27(19-7-10-21(11-8-19)42-29(35)23-6-5-13-40-23)33-28(34)25(43-31(33)32-18)16-20-9-12-22(38-3)17-24(20)39-4/h5-13,16-17,27H,14-15H2,1-4H3/b25-16+. The second-order valence-electron chi connectivity index (χ2n) is 9.25. The Morgan fingerprint density at radius 2 is 1.77 bits per heavy atom. The number of fused-ring (bicyclic) bond motifs is 1. The number of allylic oxidation sites excluding steroid dienone is 1. The van der Waals surface area contributed by atoms with Crippen molar-refractivity contribution in [3.8, 4) is 17.2 Å². The van der Waals surface area contributed by atoms with Crippen LogP contribution in [0, 0.1) is 0 Å². The average Bonchev–Trinajstić information content (AvgIpc) is 3.66. The minimum Gasteiger partial charge on any atom is -0.497 e. The summed E-state index contributed by atoms with van der Waals surface area (Å²) in [5, 5.41) is 0. The number of carbonyl (C=O) groups is 2. The molecule has 11 nitrogen and oxygen atoms in total. The maximum absolute atomic E-state index is 13.9. The number of hydrogen-bond acceptors (Lipinski definition) is 11. The van der Waals surface area contributed by atoms with Crippen LogP contribution in [0.1, 0.15) is 34.6 Å². The quantitative estimate of drug-likeness (QED) is 0.152. The Kier molecular flexibility index (Phi) is 8.88. The van der Waals surface area contributed by atoms with Crippen LogP contribution >= 0.6 is 11.3 Å². The summed E-state index contributed by atoms with van der Waals surface area (Å²) >= 11 is 1.19. The highest BCUT2D eigenvalue weighted by molar-refractivity contribution is 7.07. The monoisotopic (exact) mass is 604 g/mol. The lowest BCUT2D eigenvalue weighted by molar-refractivity contribution is -0.140. The fraction of sp³-hybridized carbons (Fsp3) is 0.226. The smallest absolute Gasteiger partial charge is 0.379 e. The van der Waals surface area contributed by atoms with Crippen molar-refractivity contribution in [3.05, 3.63) is 109 Å². The fourth-order valence-electron chi connectivity index (χ4n) is 4.54. The molecule has 2 aromatic carbocycles. The average molecular weight is 605 g/mol. The van der Waals surface area contributed by atoms with E-state index in [1.165, 1.54) is 42.5 Å². The number of methoxy groups -OCH3 is 3. The minimum atomic E-state index is -0.860. The van der Waals surface area contributed by atoms with Gasteiger partial charge in [-0.2, -0.15) is 0 Å². The van der Waals surface area contributed by atoms with Gasteiger partial charge in [-0.1, -0.05) is 23.5 Å². The van der Waals surface area contributed by atoms with E-state index in [1.807, 2.05) is 0 Å². The molecule has 0 fully saturated rings. The topological polar surface area (TPSA) is 128 Å². The van der Waals surface area contributed by atoms with Gasteiger partial charge in [-0.15, -0.1) is 0 Å². The normalized spacial score (nSPS) is 14.6. The third-order valence-corrected chi connectivity index (χ3v) is 7.60. The van der Waals surface area contributed by atoms with E-state index >= 15 is 0 Å². The van der Waals surface area contributed by atoms with Crippen LogP contribution in [0.4, 0.5) is 0 Å². The molecule has 4 aromatic rings. The van der Waals surface area contributed by atoms with Gasteiger partial charge in [0.25, 0.3) is 5.56 Å². The summed E-state index contributed by atoms with van der Waals surface area (Å²) < 4.78 is 33.6. The molecule has 0 saturated heterocycles.